The molecule has 2 aromatic rings. The number of alkyl halides is 3. The number of rotatable bonds is 7. The number of oxime groups is 1. The lowest BCUT2D eigenvalue weighted by Crippen LogP contribution is -2.19. The molecule has 174 valence electrons. The molecule has 0 aliphatic heterocycles. The lowest BCUT2D eigenvalue weighted by atomic mass is 9.98. The fraction of sp³-hybridized carbons (Fsp3) is 0.450. The van der Waals surface area contributed by atoms with E-state index in [0.29, 0.717) is 29.9 Å². The number of hydrogen-bond donors (Lipinski definition) is 1. The number of halogens is 3. The van der Waals surface area contributed by atoms with Gasteiger partial charge in [0.15, 0.2) is 12.0 Å². The molecule has 0 spiro atoms. The van der Waals surface area contributed by atoms with E-state index in [1.807, 2.05) is 27.7 Å². The van der Waals surface area contributed by atoms with Crippen LogP contribution in [0.3, 0.4) is 0 Å². The standard InChI is InChI=1S/C20H23F3N4O4S/c1-5-6-9-27-18(32-17(26-27)19(2,3)4)25-16(30)13-10-12(20(21,22)23)7-8-14(13)31-24-11-15(28)29/h7-8,10-11H,5-6,9H2,1-4H3,(H,28,29). The van der Waals surface area contributed by atoms with Gasteiger partial charge in [-0.05, 0) is 24.6 Å². The molecule has 0 bridgehead atoms. The highest BCUT2D eigenvalue weighted by Gasteiger charge is 2.32. The summed E-state index contributed by atoms with van der Waals surface area (Å²) in [5.74, 6) is -2.78. The number of unbranched alkanes of at least 4 members (excludes halogenated alkanes) is 1. The Morgan fingerprint density at radius 3 is 2.53 bits per heavy atom. The summed E-state index contributed by atoms with van der Waals surface area (Å²) in [4.78, 5) is 32.5. The molecule has 0 aliphatic carbocycles. The average molecular weight is 472 g/mol. The monoisotopic (exact) mass is 472 g/mol. The van der Waals surface area contributed by atoms with Crippen LogP contribution < -0.4 is 9.64 Å². The van der Waals surface area contributed by atoms with E-state index in [1.54, 1.807) is 4.68 Å². The molecule has 1 aromatic heterocycles. The van der Waals surface area contributed by atoms with Crippen LogP contribution in [0.1, 0.15) is 61.5 Å². The molecule has 2 rings (SSSR count). The van der Waals surface area contributed by atoms with Gasteiger partial charge < -0.3 is 9.94 Å². The molecule has 1 amide bonds. The van der Waals surface area contributed by atoms with Crippen molar-refractivity contribution < 1.29 is 32.7 Å². The zero-order valence-electron chi connectivity index (χ0n) is 17.9. The Kier molecular flexibility index (Phi) is 7.94. The summed E-state index contributed by atoms with van der Waals surface area (Å²) in [6, 6.07) is 2.19. The number of carbonyl (C=O) groups is 2. The van der Waals surface area contributed by atoms with Crippen molar-refractivity contribution >= 4 is 29.4 Å². The van der Waals surface area contributed by atoms with Gasteiger partial charge in [0.2, 0.25) is 4.80 Å². The van der Waals surface area contributed by atoms with Crippen molar-refractivity contribution in [3.8, 4) is 5.75 Å². The maximum atomic E-state index is 13.2. The Labute approximate surface area is 186 Å². The second-order valence-electron chi connectivity index (χ2n) is 7.81. The second kappa shape index (κ2) is 10.1. The highest BCUT2D eigenvalue weighted by Crippen LogP contribution is 2.33. The third-order valence-corrected chi connectivity index (χ3v) is 5.41. The van der Waals surface area contributed by atoms with Crippen molar-refractivity contribution in [1.29, 1.82) is 0 Å². The molecule has 0 saturated heterocycles. The molecule has 1 heterocycles. The summed E-state index contributed by atoms with van der Waals surface area (Å²) in [5, 5.41) is 17.0. The number of hydrogen-bond acceptors (Lipinski definition) is 6. The van der Waals surface area contributed by atoms with Crippen LogP contribution in [-0.4, -0.2) is 33.0 Å². The minimum atomic E-state index is -4.71. The molecule has 0 radical (unpaired) electrons. The number of aryl methyl sites for hydroxylation is 1. The highest BCUT2D eigenvalue weighted by molar-refractivity contribution is 7.09. The first-order valence-corrected chi connectivity index (χ1v) is 10.5. The minimum absolute atomic E-state index is 0.241. The number of aromatic nitrogens is 2. The SMILES string of the molecule is CCCCn1nc(C(C)(C)C)sc1=NC(=O)c1cc(C(F)(F)F)ccc1ON=CC(=O)O. The molecular weight excluding hydrogens is 449 g/mol. The summed E-state index contributed by atoms with van der Waals surface area (Å²) in [5.41, 5.74) is -1.90. The Hall–Kier alpha value is -3.02. The Morgan fingerprint density at radius 1 is 1.28 bits per heavy atom. The number of carboxylic acids is 1. The molecule has 0 aliphatic rings. The lowest BCUT2D eigenvalue weighted by Gasteiger charge is -2.12. The Balaban J connectivity index is 2.58. The van der Waals surface area contributed by atoms with Crippen molar-refractivity contribution in [3.63, 3.8) is 0 Å². The largest absolute Gasteiger partial charge is 0.477 e. The Bertz CT molecular complexity index is 1080. The Morgan fingerprint density at radius 2 is 1.97 bits per heavy atom. The first kappa shape index (κ1) is 25.2. The number of amides is 1. The van der Waals surface area contributed by atoms with Crippen LogP contribution in [0.5, 0.6) is 5.75 Å². The zero-order valence-corrected chi connectivity index (χ0v) is 18.8. The van der Waals surface area contributed by atoms with E-state index in [1.165, 1.54) is 11.3 Å². The van der Waals surface area contributed by atoms with Gasteiger partial charge in [0.25, 0.3) is 5.91 Å². The topological polar surface area (TPSA) is 106 Å². The zero-order chi connectivity index (χ0) is 24.1. The molecule has 8 nitrogen and oxygen atoms in total. The van der Waals surface area contributed by atoms with Gasteiger partial charge in [-0.25, -0.2) is 9.48 Å². The number of benzene rings is 1. The average Bonchev–Trinajstić information content (AvgIpc) is 3.08. The number of nitrogens with zero attached hydrogens (tertiary/aromatic N) is 4. The third-order valence-electron chi connectivity index (χ3n) is 4.03. The molecule has 0 atom stereocenters. The summed E-state index contributed by atoms with van der Waals surface area (Å²) in [6.07, 6.45) is -2.66. The van der Waals surface area contributed by atoms with Crippen LogP contribution in [0.4, 0.5) is 13.2 Å². The predicted octanol–water partition coefficient (Wildman–Crippen LogP) is 4.25. The van der Waals surface area contributed by atoms with E-state index >= 15 is 0 Å². The third kappa shape index (κ3) is 6.74. The van der Waals surface area contributed by atoms with Crippen molar-refractivity contribution in [2.75, 3.05) is 0 Å². The minimum Gasteiger partial charge on any atom is -0.477 e. The molecule has 1 N–H and O–H groups in total. The maximum Gasteiger partial charge on any atom is 0.416 e. The number of carboxylic acid groups (broad SMARTS) is 1. The van der Waals surface area contributed by atoms with Crippen LogP contribution in [0, 0.1) is 0 Å². The van der Waals surface area contributed by atoms with Gasteiger partial charge in [-0.3, -0.25) is 4.79 Å². The normalized spacial score (nSPS) is 13.0. The fourth-order valence-electron chi connectivity index (χ4n) is 2.38. The van der Waals surface area contributed by atoms with Gasteiger partial charge >= 0.3 is 12.1 Å². The molecule has 0 unspecified atom stereocenters. The number of aliphatic carboxylic acids is 1. The van der Waals surface area contributed by atoms with E-state index in [4.69, 9.17) is 9.94 Å². The van der Waals surface area contributed by atoms with Gasteiger partial charge in [0.05, 0.1) is 11.1 Å². The molecule has 32 heavy (non-hydrogen) atoms. The first-order chi connectivity index (χ1) is 14.8. The van der Waals surface area contributed by atoms with Gasteiger partial charge in [-0.2, -0.15) is 23.3 Å². The smallest absolute Gasteiger partial charge is 0.416 e. The van der Waals surface area contributed by atoms with E-state index in [-0.39, 0.29) is 16.0 Å². The van der Waals surface area contributed by atoms with Crippen LogP contribution in [0.2, 0.25) is 0 Å². The molecular formula is C20H23F3N4O4S. The summed E-state index contributed by atoms with van der Waals surface area (Å²) in [7, 11) is 0. The van der Waals surface area contributed by atoms with E-state index in [2.05, 4.69) is 15.2 Å². The lowest BCUT2D eigenvalue weighted by molar-refractivity contribution is -0.137. The van der Waals surface area contributed by atoms with Gasteiger partial charge in [0, 0.05) is 12.0 Å². The first-order valence-electron chi connectivity index (χ1n) is 9.65. The molecule has 1 aromatic carbocycles. The number of carbonyl (C=O) groups excluding carboxylic acids is 1. The highest BCUT2D eigenvalue weighted by atomic mass is 32.1. The fourth-order valence-corrected chi connectivity index (χ4v) is 3.36. The van der Waals surface area contributed by atoms with Crippen LogP contribution >= 0.6 is 11.3 Å². The van der Waals surface area contributed by atoms with Crippen LogP contribution in [0.25, 0.3) is 0 Å². The van der Waals surface area contributed by atoms with Crippen molar-refractivity contribution in [3.05, 3.63) is 39.1 Å². The quantitative estimate of drug-likeness (QED) is 0.479. The van der Waals surface area contributed by atoms with E-state index in [0.717, 1.165) is 18.9 Å². The summed E-state index contributed by atoms with van der Waals surface area (Å²) < 4.78 is 41.1. The van der Waals surface area contributed by atoms with E-state index in [9.17, 15) is 22.8 Å². The van der Waals surface area contributed by atoms with Gasteiger partial charge in [-0.1, -0.05) is 50.6 Å². The van der Waals surface area contributed by atoms with Gasteiger partial charge in [-0.15, -0.1) is 0 Å². The van der Waals surface area contributed by atoms with Crippen molar-refractivity contribution in [2.24, 2.45) is 10.1 Å². The van der Waals surface area contributed by atoms with Gasteiger partial charge in [0.1, 0.15) is 5.01 Å². The van der Waals surface area contributed by atoms with E-state index < -0.39 is 29.2 Å². The molecule has 0 fully saturated rings. The predicted molar refractivity (Wildman–Crippen MR) is 112 cm³/mol. The van der Waals surface area contributed by atoms with Crippen LogP contribution in [-0.2, 0) is 22.9 Å². The molecule has 12 heteroatoms. The van der Waals surface area contributed by atoms with Crippen molar-refractivity contribution in [1.82, 2.24) is 9.78 Å². The summed E-state index contributed by atoms with van der Waals surface area (Å²) in [6.45, 7) is 8.32. The second-order valence-corrected chi connectivity index (χ2v) is 8.76. The molecule has 0 saturated carbocycles. The van der Waals surface area contributed by atoms with Crippen molar-refractivity contribution in [2.45, 2.75) is 58.7 Å². The van der Waals surface area contributed by atoms with Crippen LogP contribution in [0.15, 0.2) is 28.3 Å². The maximum absolute atomic E-state index is 13.2. The summed E-state index contributed by atoms with van der Waals surface area (Å²) >= 11 is 1.17.